The van der Waals surface area contributed by atoms with E-state index in [0.29, 0.717) is 5.69 Å². The lowest BCUT2D eigenvalue weighted by molar-refractivity contribution is -0.125. The van der Waals surface area contributed by atoms with Crippen molar-refractivity contribution in [1.82, 2.24) is 15.2 Å². The van der Waals surface area contributed by atoms with Crippen molar-refractivity contribution in [3.63, 3.8) is 0 Å². The van der Waals surface area contributed by atoms with Gasteiger partial charge < -0.3 is 19.8 Å². The van der Waals surface area contributed by atoms with Crippen molar-refractivity contribution in [3.8, 4) is 0 Å². The Kier molecular flexibility index (Phi) is 6.68. The largest absolute Gasteiger partial charge is 0.444 e. The predicted molar refractivity (Wildman–Crippen MR) is 159 cm³/mol. The van der Waals surface area contributed by atoms with E-state index >= 15 is 0 Å². The molecule has 0 aliphatic carbocycles. The van der Waals surface area contributed by atoms with Crippen LogP contribution in [0.3, 0.4) is 0 Å². The van der Waals surface area contributed by atoms with Crippen LogP contribution in [0.5, 0.6) is 0 Å². The molecule has 2 N–H and O–H groups in total. The molecule has 42 heavy (non-hydrogen) atoms. The number of aromatic nitrogens is 1. The van der Waals surface area contributed by atoms with Gasteiger partial charge in [0.05, 0.1) is 11.1 Å². The average molecular weight is 567 g/mol. The van der Waals surface area contributed by atoms with E-state index in [9.17, 15) is 14.4 Å². The predicted octanol–water partition coefficient (Wildman–Crippen LogP) is 5.69. The number of H-pyrrole nitrogens is 1. The summed E-state index contributed by atoms with van der Waals surface area (Å²) in [6.07, 6.45) is -0.0832. The summed E-state index contributed by atoms with van der Waals surface area (Å²) in [6.45, 7) is 5.38. The van der Waals surface area contributed by atoms with Crippen molar-refractivity contribution in [2.45, 2.75) is 57.0 Å². The molecule has 2 aliphatic rings. The first-order valence-corrected chi connectivity index (χ1v) is 14.0. The number of para-hydroxylation sites is 2. The molecular formula is C33H34N4O5. The van der Waals surface area contributed by atoms with Crippen molar-refractivity contribution >= 4 is 34.7 Å². The number of nitrogens with one attached hydrogen (secondary N) is 2. The number of anilines is 1. The normalized spacial score (nSPS) is 21.1. The van der Waals surface area contributed by atoms with Crippen LogP contribution in [0, 0.1) is 0 Å². The minimum absolute atomic E-state index is 0.0520. The van der Waals surface area contributed by atoms with Gasteiger partial charge in [-0.15, -0.1) is 0 Å². The fourth-order valence-corrected chi connectivity index (χ4v) is 6.45. The second-order valence-corrected chi connectivity index (χ2v) is 11.7. The van der Waals surface area contributed by atoms with Crippen molar-refractivity contribution in [2.24, 2.45) is 0 Å². The third-order valence-corrected chi connectivity index (χ3v) is 8.07. The first-order valence-electron chi connectivity index (χ1n) is 14.0. The Balaban J connectivity index is 1.56. The summed E-state index contributed by atoms with van der Waals surface area (Å²) in [4.78, 5) is 48.0. The number of carbonyl (C=O) groups excluding carboxylic acids is 3. The van der Waals surface area contributed by atoms with Gasteiger partial charge in [-0.3, -0.25) is 14.6 Å². The number of hydrogen-bond donors (Lipinski definition) is 2. The number of ether oxygens (including phenoxy) is 2. The van der Waals surface area contributed by atoms with Gasteiger partial charge in [-0.05, 0) is 56.0 Å². The zero-order valence-electron chi connectivity index (χ0n) is 24.1. The van der Waals surface area contributed by atoms with E-state index in [0.717, 1.165) is 27.6 Å². The molecular weight excluding hydrogens is 532 g/mol. The molecule has 2 aliphatic heterocycles. The van der Waals surface area contributed by atoms with Crippen LogP contribution in [0.2, 0.25) is 0 Å². The number of likely N-dealkylation sites (tertiary alicyclic amines) is 1. The minimum atomic E-state index is -0.962. The molecule has 3 atom stereocenters. The quantitative estimate of drug-likeness (QED) is 0.330. The van der Waals surface area contributed by atoms with Gasteiger partial charge in [0.15, 0.2) is 0 Å². The monoisotopic (exact) mass is 566 g/mol. The molecule has 216 valence electrons. The van der Waals surface area contributed by atoms with Gasteiger partial charge in [0.1, 0.15) is 24.4 Å². The molecule has 1 fully saturated rings. The van der Waals surface area contributed by atoms with E-state index in [2.05, 4.69) is 10.3 Å². The highest BCUT2D eigenvalue weighted by Gasteiger charge is 2.66. The highest BCUT2D eigenvalue weighted by Crippen LogP contribution is 2.59. The van der Waals surface area contributed by atoms with Crippen LogP contribution in [-0.4, -0.2) is 52.8 Å². The highest BCUT2D eigenvalue weighted by molar-refractivity contribution is 5.98. The number of likely N-dealkylation sites (N-methyl/N-ethyl adjacent to an activating group) is 1. The summed E-state index contributed by atoms with van der Waals surface area (Å²) < 4.78 is 11.8. The lowest BCUT2D eigenvalue weighted by Crippen LogP contribution is -2.58. The molecule has 0 radical (unpaired) electrons. The van der Waals surface area contributed by atoms with Crippen molar-refractivity contribution in [2.75, 3.05) is 11.9 Å². The van der Waals surface area contributed by atoms with Gasteiger partial charge in [0.25, 0.3) is 0 Å². The topological polar surface area (TPSA) is 104 Å². The molecule has 0 saturated carbocycles. The fraction of sp³-hybridized carbons (Fsp3) is 0.303. The number of fused-ring (bicyclic) bond motifs is 4. The van der Waals surface area contributed by atoms with Crippen LogP contribution < -0.4 is 10.2 Å². The van der Waals surface area contributed by atoms with Crippen molar-refractivity contribution < 1.29 is 23.9 Å². The summed E-state index contributed by atoms with van der Waals surface area (Å²) in [7, 11) is 1.54. The Labute approximate surface area is 244 Å². The highest BCUT2D eigenvalue weighted by atomic mass is 16.6. The maximum Gasteiger partial charge on any atom is 0.416 e. The Morgan fingerprint density at radius 1 is 0.929 bits per heavy atom. The third kappa shape index (κ3) is 4.36. The third-order valence-electron chi connectivity index (χ3n) is 8.07. The standard InChI is InChI=1S/C33H34N4O5/c1-32(2,3)42-31(40)37-27(28(38)34-4)18-33(24-19-35-25-16-10-8-14-22(24)25)23-15-9-11-17-26(23)36(29(33)37)30(39)41-20-21-12-6-5-7-13-21/h5-17,19,27,29,35H,18,20H2,1-4H3,(H,34,38)/t27-,29-,33-/m1/s1. The molecule has 4 aromatic rings. The van der Waals surface area contributed by atoms with Gasteiger partial charge in [-0.1, -0.05) is 66.7 Å². The first-order chi connectivity index (χ1) is 20.2. The van der Waals surface area contributed by atoms with Gasteiger partial charge in [-0.25, -0.2) is 9.59 Å². The molecule has 3 amide bonds. The molecule has 1 saturated heterocycles. The maximum absolute atomic E-state index is 14.1. The second kappa shape index (κ2) is 10.2. The molecule has 0 bridgehead atoms. The van der Waals surface area contributed by atoms with Crippen LogP contribution in [0.4, 0.5) is 15.3 Å². The van der Waals surface area contributed by atoms with Gasteiger partial charge in [0.2, 0.25) is 5.91 Å². The molecule has 9 nitrogen and oxygen atoms in total. The van der Waals surface area contributed by atoms with Gasteiger partial charge >= 0.3 is 12.2 Å². The van der Waals surface area contributed by atoms with Crippen LogP contribution in [0.1, 0.15) is 43.9 Å². The lowest BCUT2D eigenvalue weighted by atomic mass is 9.72. The van der Waals surface area contributed by atoms with Crippen LogP contribution >= 0.6 is 0 Å². The number of amides is 3. The maximum atomic E-state index is 14.1. The van der Waals surface area contributed by atoms with Gasteiger partial charge in [0, 0.05) is 24.1 Å². The summed E-state index contributed by atoms with van der Waals surface area (Å²) in [5.41, 5.74) is 2.28. The van der Waals surface area contributed by atoms with E-state index in [-0.39, 0.29) is 18.9 Å². The van der Waals surface area contributed by atoms with Crippen LogP contribution in [0.25, 0.3) is 10.9 Å². The smallest absolute Gasteiger partial charge is 0.416 e. The van der Waals surface area contributed by atoms with Crippen molar-refractivity contribution in [3.05, 3.63) is 102 Å². The molecule has 6 rings (SSSR count). The van der Waals surface area contributed by atoms with E-state index in [4.69, 9.17) is 9.47 Å². The zero-order valence-corrected chi connectivity index (χ0v) is 24.1. The first kappa shape index (κ1) is 27.4. The summed E-state index contributed by atoms with van der Waals surface area (Å²) in [5, 5.41) is 3.67. The van der Waals surface area contributed by atoms with E-state index in [1.54, 1.807) is 27.8 Å². The Morgan fingerprint density at radius 3 is 2.36 bits per heavy atom. The Hall–Kier alpha value is -4.79. The zero-order chi connectivity index (χ0) is 29.6. The second-order valence-electron chi connectivity index (χ2n) is 11.7. The summed E-state index contributed by atoms with van der Waals surface area (Å²) >= 11 is 0. The Morgan fingerprint density at radius 2 is 1.62 bits per heavy atom. The molecule has 3 aromatic carbocycles. The van der Waals surface area contributed by atoms with Crippen LogP contribution in [0.15, 0.2) is 85.1 Å². The molecule has 9 heteroatoms. The average Bonchev–Trinajstić information content (AvgIpc) is 3.64. The van der Waals surface area contributed by atoms with Gasteiger partial charge in [-0.2, -0.15) is 0 Å². The Bertz CT molecular complexity index is 1660. The van der Waals surface area contributed by atoms with E-state index < -0.39 is 35.4 Å². The molecule has 3 heterocycles. The lowest BCUT2D eigenvalue weighted by Gasteiger charge is -2.38. The molecule has 0 unspecified atom stereocenters. The number of rotatable bonds is 4. The van der Waals surface area contributed by atoms with E-state index in [1.807, 2.05) is 85.1 Å². The number of carbonyl (C=O) groups is 3. The molecule has 0 spiro atoms. The number of nitrogens with zero attached hydrogens (tertiary/aromatic N) is 2. The number of hydrogen-bond acceptors (Lipinski definition) is 5. The summed E-state index contributed by atoms with van der Waals surface area (Å²) in [6, 6.07) is 24.0. The number of aromatic amines is 1. The molecule has 1 aromatic heterocycles. The minimum Gasteiger partial charge on any atom is -0.444 e. The fourth-order valence-electron chi connectivity index (χ4n) is 6.45. The van der Waals surface area contributed by atoms with Crippen LogP contribution in [-0.2, 0) is 26.3 Å². The van der Waals surface area contributed by atoms with E-state index in [1.165, 1.54) is 9.80 Å². The summed E-state index contributed by atoms with van der Waals surface area (Å²) in [5.74, 6) is -0.343. The van der Waals surface area contributed by atoms with Crippen molar-refractivity contribution in [1.29, 1.82) is 0 Å². The SMILES string of the molecule is CNC(=O)[C@H]1C[C@]2(c3c[nH]c4ccccc34)c3ccccc3N(C(=O)OCc3ccccc3)[C@@H]2N1C(=O)OC(C)(C)C. The number of benzene rings is 3.